The van der Waals surface area contributed by atoms with Gasteiger partial charge in [0.1, 0.15) is 12.4 Å². The smallest absolute Gasteiger partial charge is 0.437 e. The zero-order chi connectivity index (χ0) is 26.4. The van der Waals surface area contributed by atoms with Crippen LogP contribution in [0.3, 0.4) is 0 Å². The lowest BCUT2D eigenvalue weighted by Crippen LogP contribution is -2.52. The number of carbonyl (C=O) groups is 1. The maximum atomic E-state index is 14.2. The number of anilines is 3. The molecule has 4 aliphatic rings. The molecule has 6 heterocycles. The van der Waals surface area contributed by atoms with Crippen LogP contribution in [0.2, 0.25) is 0 Å². The number of rotatable bonds is 4. The average Bonchev–Trinajstić information content (AvgIpc) is 3.28. The van der Waals surface area contributed by atoms with E-state index in [1.807, 2.05) is 6.07 Å². The van der Waals surface area contributed by atoms with Crippen LogP contribution in [0.1, 0.15) is 29.3 Å². The summed E-state index contributed by atoms with van der Waals surface area (Å²) in [7, 11) is 0. The molecule has 4 aliphatic heterocycles. The predicted molar refractivity (Wildman–Crippen MR) is 134 cm³/mol. The third-order valence-electron chi connectivity index (χ3n) is 7.75. The van der Waals surface area contributed by atoms with Crippen molar-refractivity contribution in [2.75, 3.05) is 62.7 Å². The second-order valence-corrected chi connectivity index (χ2v) is 10.0. The van der Waals surface area contributed by atoms with E-state index >= 15 is 0 Å². The van der Waals surface area contributed by atoms with Crippen molar-refractivity contribution in [2.24, 2.45) is 0 Å². The van der Waals surface area contributed by atoms with Crippen molar-refractivity contribution < 1.29 is 27.4 Å². The van der Waals surface area contributed by atoms with Gasteiger partial charge >= 0.3 is 6.18 Å². The van der Waals surface area contributed by atoms with E-state index in [0.29, 0.717) is 69.6 Å². The van der Waals surface area contributed by atoms with Crippen molar-refractivity contribution in [2.45, 2.75) is 31.2 Å². The number of nitrogens with one attached hydrogen (secondary N) is 1. The van der Waals surface area contributed by atoms with E-state index in [2.05, 4.69) is 31.7 Å². The first kappa shape index (κ1) is 24.9. The van der Waals surface area contributed by atoms with Crippen LogP contribution in [0.5, 0.6) is 5.75 Å². The summed E-state index contributed by atoms with van der Waals surface area (Å²) < 4.78 is 53.8. The molecule has 0 aliphatic carbocycles. The molecular weight excluding hydrogens is 501 g/mol. The molecule has 0 unspecified atom stereocenters. The summed E-state index contributed by atoms with van der Waals surface area (Å²) in [6, 6.07) is 3.71. The van der Waals surface area contributed by atoms with E-state index in [1.165, 1.54) is 6.08 Å². The molecular formula is C26H29F3N6O3. The Kier molecular flexibility index (Phi) is 6.39. The van der Waals surface area contributed by atoms with Crippen molar-refractivity contribution in [1.82, 2.24) is 19.8 Å². The van der Waals surface area contributed by atoms with E-state index in [-0.39, 0.29) is 35.9 Å². The Morgan fingerprint density at radius 3 is 2.71 bits per heavy atom. The van der Waals surface area contributed by atoms with E-state index in [4.69, 9.17) is 9.47 Å². The molecule has 12 heteroatoms. The largest absolute Gasteiger partial charge is 0.484 e. The third-order valence-corrected chi connectivity index (χ3v) is 7.75. The summed E-state index contributed by atoms with van der Waals surface area (Å²) in [6.07, 6.45) is -0.883. The second-order valence-electron chi connectivity index (χ2n) is 10.0. The minimum Gasteiger partial charge on any atom is -0.484 e. The molecule has 0 bridgehead atoms. The molecule has 3 saturated heterocycles. The van der Waals surface area contributed by atoms with Crippen molar-refractivity contribution in [3.63, 3.8) is 0 Å². The Bertz CT molecular complexity index is 1240. The van der Waals surface area contributed by atoms with Gasteiger partial charge in [-0.2, -0.15) is 13.2 Å². The van der Waals surface area contributed by atoms with Crippen molar-refractivity contribution in [3.05, 3.63) is 47.9 Å². The molecule has 38 heavy (non-hydrogen) atoms. The normalized spacial score (nSPS) is 22.0. The number of morpholine rings is 1. The standard InChI is InChI=1S/C26H29F3N6O3/c1-2-22(36)34-6-4-17(14-34)35-12-16(13-35)19-11-20-23(24(31-19)26(27,28)29)38-15-18-21(3-5-30-25(18)32-20)33-7-9-37-10-8-33/h2-3,5,11,16-17H,1,4,6-10,12-15H2,(H,30,32)/t17-/m1/s1. The summed E-state index contributed by atoms with van der Waals surface area (Å²) in [5, 5.41) is 3.13. The minimum absolute atomic E-state index is 0.0568. The molecule has 202 valence electrons. The van der Waals surface area contributed by atoms with Gasteiger partial charge in [-0.05, 0) is 24.6 Å². The van der Waals surface area contributed by atoms with Gasteiger partial charge in [-0.1, -0.05) is 6.58 Å². The van der Waals surface area contributed by atoms with Gasteiger partial charge in [0.25, 0.3) is 0 Å². The molecule has 0 spiro atoms. The first-order chi connectivity index (χ1) is 18.3. The number of hydrogen-bond donors (Lipinski definition) is 1. The SMILES string of the molecule is C=CC(=O)N1CC[C@@H](N2CC(c3cc4c(c(C(F)(F)F)n3)OCc3c(N5CCOCC5)ccnc3N4)C2)C1. The predicted octanol–water partition coefficient (Wildman–Crippen LogP) is 3.15. The van der Waals surface area contributed by atoms with Crippen molar-refractivity contribution >= 4 is 23.1 Å². The first-order valence-corrected chi connectivity index (χ1v) is 12.8. The Morgan fingerprint density at radius 2 is 1.97 bits per heavy atom. The number of fused-ring (bicyclic) bond motifs is 2. The number of ether oxygens (including phenoxy) is 2. The van der Waals surface area contributed by atoms with Crippen LogP contribution in [0.4, 0.5) is 30.4 Å². The third kappa shape index (κ3) is 4.55. The average molecular weight is 531 g/mol. The van der Waals surface area contributed by atoms with E-state index in [9.17, 15) is 18.0 Å². The number of alkyl halides is 3. The van der Waals surface area contributed by atoms with Gasteiger partial charge in [-0.3, -0.25) is 9.69 Å². The van der Waals surface area contributed by atoms with Gasteiger partial charge in [0.2, 0.25) is 5.91 Å². The van der Waals surface area contributed by atoms with Gasteiger partial charge < -0.3 is 24.6 Å². The number of pyridine rings is 2. The quantitative estimate of drug-likeness (QED) is 0.604. The maximum Gasteiger partial charge on any atom is 0.437 e. The van der Waals surface area contributed by atoms with Gasteiger partial charge in [0.05, 0.1) is 24.5 Å². The van der Waals surface area contributed by atoms with E-state index in [0.717, 1.165) is 12.1 Å². The van der Waals surface area contributed by atoms with Crippen LogP contribution < -0.4 is 15.0 Å². The van der Waals surface area contributed by atoms with Gasteiger partial charge in [-0.15, -0.1) is 0 Å². The summed E-state index contributed by atoms with van der Waals surface area (Å²) in [5.74, 6) is -0.0739. The van der Waals surface area contributed by atoms with Crippen LogP contribution in [0, 0.1) is 0 Å². The monoisotopic (exact) mass is 530 g/mol. The fourth-order valence-electron chi connectivity index (χ4n) is 5.67. The van der Waals surface area contributed by atoms with E-state index in [1.54, 1.807) is 17.2 Å². The van der Waals surface area contributed by atoms with Gasteiger partial charge in [-0.25, -0.2) is 9.97 Å². The molecule has 1 N–H and O–H groups in total. The molecule has 1 atom stereocenters. The lowest BCUT2D eigenvalue weighted by molar-refractivity contribution is -0.142. The van der Waals surface area contributed by atoms with E-state index < -0.39 is 11.9 Å². The Hall–Kier alpha value is -3.38. The summed E-state index contributed by atoms with van der Waals surface area (Å²) in [5.41, 5.74) is 1.13. The van der Waals surface area contributed by atoms with Crippen LogP contribution in [0.15, 0.2) is 31.0 Å². The molecule has 0 saturated carbocycles. The molecule has 1 amide bonds. The first-order valence-electron chi connectivity index (χ1n) is 12.8. The number of hydrogen-bond acceptors (Lipinski definition) is 8. The Labute approximate surface area is 218 Å². The lowest BCUT2D eigenvalue weighted by atomic mass is 9.92. The number of aromatic nitrogens is 2. The van der Waals surface area contributed by atoms with Crippen LogP contribution in [-0.4, -0.2) is 84.2 Å². The van der Waals surface area contributed by atoms with Crippen LogP contribution in [-0.2, 0) is 22.3 Å². The minimum atomic E-state index is -4.68. The van der Waals surface area contributed by atoms with Gasteiger partial charge in [0, 0.05) is 68.8 Å². The fraction of sp³-hybridized carbons (Fsp3) is 0.500. The summed E-state index contributed by atoms with van der Waals surface area (Å²) >= 11 is 0. The lowest BCUT2D eigenvalue weighted by Gasteiger charge is -2.43. The molecule has 3 fully saturated rings. The van der Waals surface area contributed by atoms with Crippen LogP contribution in [0.25, 0.3) is 0 Å². The highest BCUT2D eigenvalue weighted by Crippen LogP contribution is 2.45. The Balaban J connectivity index is 1.25. The Morgan fingerprint density at radius 1 is 1.18 bits per heavy atom. The summed E-state index contributed by atoms with van der Waals surface area (Å²) in [4.78, 5) is 26.5. The van der Waals surface area contributed by atoms with Crippen molar-refractivity contribution in [3.8, 4) is 5.75 Å². The molecule has 2 aromatic heterocycles. The topological polar surface area (TPSA) is 83.1 Å². The maximum absolute atomic E-state index is 14.2. The summed E-state index contributed by atoms with van der Waals surface area (Å²) in [6.45, 7) is 8.44. The number of halogens is 3. The zero-order valence-electron chi connectivity index (χ0n) is 20.8. The highest BCUT2D eigenvalue weighted by atomic mass is 19.4. The number of carbonyl (C=O) groups excluding carboxylic acids is 1. The second kappa shape index (κ2) is 9.73. The van der Waals surface area contributed by atoms with Crippen LogP contribution >= 0.6 is 0 Å². The molecule has 2 aromatic rings. The molecule has 6 rings (SSSR count). The highest BCUT2D eigenvalue weighted by molar-refractivity contribution is 5.87. The van der Waals surface area contributed by atoms with Crippen molar-refractivity contribution in [1.29, 1.82) is 0 Å². The number of nitrogens with zero attached hydrogens (tertiary/aromatic N) is 5. The fourth-order valence-corrected chi connectivity index (χ4v) is 5.67. The number of amides is 1. The highest BCUT2D eigenvalue weighted by Gasteiger charge is 2.43. The molecule has 9 nitrogen and oxygen atoms in total. The molecule has 0 radical (unpaired) electrons. The zero-order valence-corrected chi connectivity index (χ0v) is 20.8. The van der Waals surface area contributed by atoms with Gasteiger partial charge in [0.15, 0.2) is 11.4 Å². The number of likely N-dealkylation sites (tertiary alicyclic amines) is 2. The molecule has 0 aromatic carbocycles.